The molecule has 102 valence electrons. The lowest BCUT2D eigenvalue weighted by molar-refractivity contribution is 0.568. The van der Waals surface area contributed by atoms with Gasteiger partial charge in [0.25, 0.3) is 0 Å². The van der Waals surface area contributed by atoms with Crippen LogP contribution in [0, 0.1) is 27.7 Å². The summed E-state index contributed by atoms with van der Waals surface area (Å²) in [5, 5.41) is 1.26. The topological polar surface area (TPSA) is 13.1 Å². The summed E-state index contributed by atoms with van der Waals surface area (Å²) in [5.41, 5.74) is 4.98. The van der Waals surface area contributed by atoms with Gasteiger partial charge < -0.3 is 4.42 Å². The van der Waals surface area contributed by atoms with E-state index in [-0.39, 0.29) is 0 Å². The summed E-state index contributed by atoms with van der Waals surface area (Å²) in [6.07, 6.45) is 0. The smallest absolute Gasteiger partial charge is 0.136 e. The van der Waals surface area contributed by atoms with Crippen LogP contribution in [-0.2, 0) is 0 Å². The van der Waals surface area contributed by atoms with E-state index in [1.165, 1.54) is 31.9 Å². The summed E-state index contributed by atoms with van der Waals surface area (Å²) in [6, 6.07) is 12.6. The summed E-state index contributed by atoms with van der Waals surface area (Å²) in [4.78, 5) is 2.49. The fourth-order valence-electron chi connectivity index (χ4n) is 2.52. The zero-order chi connectivity index (χ0) is 14.3. The average Bonchev–Trinajstić information content (AvgIpc) is 2.74. The van der Waals surface area contributed by atoms with Crippen LogP contribution in [-0.4, -0.2) is 0 Å². The van der Waals surface area contributed by atoms with Gasteiger partial charge in [-0.25, -0.2) is 0 Å². The molecule has 3 rings (SSSR count). The molecule has 3 aromatic rings. The molecule has 0 aliphatic heterocycles. The SMILES string of the molecule is Cc1cc2oc(C)c(Sc3ccccc3)c2c(C)c1C. The minimum Gasteiger partial charge on any atom is -0.460 e. The second-order valence-corrected chi connectivity index (χ2v) is 6.30. The van der Waals surface area contributed by atoms with Crippen molar-refractivity contribution in [1.29, 1.82) is 0 Å². The number of benzene rings is 2. The van der Waals surface area contributed by atoms with Gasteiger partial charge in [-0.2, -0.15) is 0 Å². The van der Waals surface area contributed by atoms with Crippen LogP contribution in [0.4, 0.5) is 0 Å². The van der Waals surface area contributed by atoms with Crippen LogP contribution in [0.25, 0.3) is 11.0 Å². The van der Waals surface area contributed by atoms with E-state index in [4.69, 9.17) is 4.42 Å². The zero-order valence-corrected chi connectivity index (χ0v) is 13.1. The van der Waals surface area contributed by atoms with E-state index in [1.807, 2.05) is 6.07 Å². The van der Waals surface area contributed by atoms with Gasteiger partial charge in [-0.05, 0) is 62.6 Å². The molecule has 0 bridgehead atoms. The van der Waals surface area contributed by atoms with Crippen LogP contribution in [0.3, 0.4) is 0 Å². The van der Waals surface area contributed by atoms with Crippen LogP contribution in [0.1, 0.15) is 22.5 Å². The van der Waals surface area contributed by atoms with Crippen molar-refractivity contribution in [2.45, 2.75) is 37.5 Å². The van der Waals surface area contributed by atoms with Crippen molar-refractivity contribution in [2.24, 2.45) is 0 Å². The van der Waals surface area contributed by atoms with Crippen LogP contribution in [0.5, 0.6) is 0 Å². The van der Waals surface area contributed by atoms with Crippen LogP contribution >= 0.6 is 11.8 Å². The highest BCUT2D eigenvalue weighted by Crippen LogP contribution is 2.40. The first-order valence-electron chi connectivity index (χ1n) is 6.80. The molecule has 0 radical (unpaired) electrons. The zero-order valence-electron chi connectivity index (χ0n) is 12.3. The minimum absolute atomic E-state index is 1.00. The maximum atomic E-state index is 5.97. The first-order chi connectivity index (χ1) is 9.58. The third-order valence-electron chi connectivity index (χ3n) is 3.90. The van der Waals surface area contributed by atoms with Gasteiger partial charge in [0.15, 0.2) is 0 Å². The van der Waals surface area contributed by atoms with E-state index in [0.717, 1.165) is 11.3 Å². The number of fused-ring (bicyclic) bond motifs is 1. The summed E-state index contributed by atoms with van der Waals surface area (Å²) >= 11 is 1.79. The largest absolute Gasteiger partial charge is 0.460 e. The normalized spacial score (nSPS) is 11.2. The summed E-state index contributed by atoms with van der Waals surface area (Å²) in [6.45, 7) is 8.57. The van der Waals surface area contributed by atoms with Gasteiger partial charge in [0.1, 0.15) is 11.3 Å². The summed E-state index contributed by atoms with van der Waals surface area (Å²) in [5.74, 6) is 1.00. The Labute approximate surface area is 124 Å². The highest BCUT2D eigenvalue weighted by molar-refractivity contribution is 7.99. The Morgan fingerprint density at radius 2 is 1.60 bits per heavy atom. The number of hydrogen-bond acceptors (Lipinski definition) is 2. The molecule has 2 heteroatoms. The number of furan rings is 1. The maximum Gasteiger partial charge on any atom is 0.136 e. The van der Waals surface area contributed by atoms with E-state index >= 15 is 0 Å². The first kappa shape index (κ1) is 13.3. The Morgan fingerprint density at radius 3 is 2.30 bits per heavy atom. The molecule has 0 N–H and O–H groups in total. The fourth-order valence-corrected chi connectivity index (χ4v) is 3.59. The van der Waals surface area contributed by atoms with E-state index in [9.17, 15) is 0 Å². The van der Waals surface area contributed by atoms with Crippen LogP contribution < -0.4 is 0 Å². The van der Waals surface area contributed by atoms with Gasteiger partial charge in [0.05, 0.1) is 4.90 Å². The summed E-state index contributed by atoms with van der Waals surface area (Å²) in [7, 11) is 0. The van der Waals surface area contributed by atoms with Crippen molar-refractivity contribution >= 4 is 22.7 Å². The fraction of sp³-hybridized carbons (Fsp3) is 0.222. The molecular weight excluding hydrogens is 264 g/mol. The van der Waals surface area contributed by atoms with Crippen molar-refractivity contribution in [1.82, 2.24) is 0 Å². The Bertz CT molecular complexity index is 769. The predicted molar refractivity (Wildman–Crippen MR) is 85.7 cm³/mol. The van der Waals surface area contributed by atoms with E-state index in [0.29, 0.717) is 0 Å². The molecule has 0 spiro atoms. The van der Waals surface area contributed by atoms with E-state index in [1.54, 1.807) is 11.8 Å². The van der Waals surface area contributed by atoms with Gasteiger partial charge >= 0.3 is 0 Å². The highest BCUT2D eigenvalue weighted by atomic mass is 32.2. The average molecular weight is 282 g/mol. The van der Waals surface area contributed by atoms with Crippen molar-refractivity contribution in [3.8, 4) is 0 Å². The lowest BCUT2D eigenvalue weighted by atomic mass is 10.0. The number of hydrogen-bond donors (Lipinski definition) is 0. The summed E-state index contributed by atoms with van der Waals surface area (Å²) < 4.78 is 5.97. The van der Waals surface area contributed by atoms with Gasteiger partial charge in [0, 0.05) is 10.3 Å². The second kappa shape index (κ2) is 5.02. The van der Waals surface area contributed by atoms with E-state index in [2.05, 4.69) is 58.0 Å². The van der Waals surface area contributed by atoms with Crippen LogP contribution in [0.15, 0.2) is 50.6 Å². The molecule has 20 heavy (non-hydrogen) atoms. The third kappa shape index (κ3) is 2.14. The quantitative estimate of drug-likeness (QED) is 0.587. The Morgan fingerprint density at radius 1 is 0.900 bits per heavy atom. The number of rotatable bonds is 2. The molecule has 0 atom stereocenters. The van der Waals surface area contributed by atoms with Crippen molar-refractivity contribution in [3.63, 3.8) is 0 Å². The number of aryl methyl sites for hydroxylation is 3. The predicted octanol–water partition coefficient (Wildman–Crippen LogP) is 5.82. The Balaban J connectivity index is 2.20. The minimum atomic E-state index is 1.00. The lowest BCUT2D eigenvalue weighted by Crippen LogP contribution is -1.87. The molecule has 1 nitrogen and oxygen atoms in total. The van der Waals surface area contributed by atoms with Gasteiger partial charge in [-0.15, -0.1) is 0 Å². The van der Waals surface area contributed by atoms with Crippen molar-refractivity contribution in [2.75, 3.05) is 0 Å². The third-order valence-corrected chi connectivity index (χ3v) is 5.10. The molecule has 0 aliphatic rings. The Kier molecular flexibility index (Phi) is 3.35. The van der Waals surface area contributed by atoms with Gasteiger partial charge in [-0.3, -0.25) is 0 Å². The standard InChI is InChI=1S/C18H18OS/c1-11-10-16-17(13(3)12(11)2)18(14(4)19-16)20-15-8-6-5-7-9-15/h5-10H,1-4H3. The molecule has 0 unspecified atom stereocenters. The molecule has 1 heterocycles. The highest BCUT2D eigenvalue weighted by Gasteiger charge is 2.16. The first-order valence-corrected chi connectivity index (χ1v) is 7.62. The molecule has 0 aliphatic carbocycles. The molecule has 0 saturated heterocycles. The molecule has 1 aromatic heterocycles. The molecule has 0 amide bonds. The molecule has 0 fully saturated rings. The van der Waals surface area contributed by atoms with Crippen molar-refractivity contribution in [3.05, 3.63) is 58.8 Å². The van der Waals surface area contributed by atoms with Gasteiger partial charge in [-0.1, -0.05) is 30.0 Å². The van der Waals surface area contributed by atoms with Crippen molar-refractivity contribution < 1.29 is 4.42 Å². The maximum absolute atomic E-state index is 5.97. The monoisotopic (exact) mass is 282 g/mol. The van der Waals surface area contributed by atoms with E-state index < -0.39 is 0 Å². The molecule has 2 aromatic carbocycles. The van der Waals surface area contributed by atoms with Crippen LogP contribution in [0.2, 0.25) is 0 Å². The van der Waals surface area contributed by atoms with Gasteiger partial charge in [0.2, 0.25) is 0 Å². The molecule has 0 saturated carbocycles. The lowest BCUT2D eigenvalue weighted by Gasteiger charge is -2.07. The second-order valence-electron chi connectivity index (χ2n) is 5.22. The Hall–Kier alpha value is -1.67. The molecular formula is C18H18OS.